The number of ether oxygens (including phenoxy) is 4. The van der Waals surface area contributed by atoms with Crippen LogP contribution >= 0.6 is 0 Å². The third kappa shape index (κ3) is 5.18. The lowest BCUT2D eigenvalue weighted by atomic mass is 9.70. The summed E-state index contributed by atoms with van der Waals surface area (Å²) in [5.41, 5.74) is 0.607. The van der Waals surface area contributed by atoms with Crippen LogP contribution < -0.4 is 14.2 Å². The second-order valence-corrected chi connectivity index (χ2v) is 8.36. The zero-order valence-corrected chi connectivity index (χ0v) is 17.8. The van der Waals surface area contributed by atoms with Gasteiger partial charge in [0.15, 0.2) is 18.1 Å². The molecule has 0 spiro atoms. The maximum Gasteiger partial charge on any atom is 0.309 e. The fourth-order valence-electron chi connectivity index (χ4n) is 3.78. The van der Waals surface area contributed by atoms with E-state index in [4.69, 9.17) is 18.9 Å². The number of carbonyl (C=O) groups is 2. The molecule has 0 aromatic heterocycles. The van der Waals surface area contributed by atoms with E-state index in [0.29, 0.717) is 28.7 Å². The molecule has 0 saturated heterocycles. The van der Waals surface area contributed by atoms with Crippen molar-refractivity contribution in [3.05, 3.63) is 17.7 Å². The standard InChI is InChI=1S/C22H32O6/c1-22(2,3)16-9-7-14(8-10-16)21(24)28-13-17(23)15-11-18(25-4)20(27-6)19(12-15)26-5/h11-12,14,16H,7-10,13H2,1-6H3. The first-order valence-electron chi connectivity index (χ1n) is 9.71. The summed E-state index contributed by atoms with van der Waals surface area (Å²) in [6.07, 6.45) is 3.67. The maximum absolute atomic E-state index is 12.5. The first-order chi connectivity index (χ1) is 13.2. The molecular formula is C22H32O6. The van der Waals surface area contributed by atoms with Crippen molar-refractivity contribution in [1.82, 2.24) is 0 Å². The van der Waals surface area contributed by atoms with E-state index >= 15 is 0 Å². The highest BCUT2D eigenvalue weighted by Crippen LogP contribution is 2.40. The minimum Gasteiger partial charge on any atom is -0.493 e. The molecule has 1 aliphatic carbocycles. The van der Waals surface area contributed by atoms with Crippen LogP contribution in [-0.2, 0) is 9.53 Å². The van der Waals surface area contributed by atoms with Crippen molar-refractivity contribution in [3.63, 3.8) is 0 Å². The van der Waals surface area contributed by atoms with Gasteiger partial charge in [-0.2, -0.15) is 0 Å². The van der Waals surface area contributed by atoms with Gasteiger partial charge in [-0.05, 0) is 49.1 Å². The number of ketones is 1. The Morgan fingerprint density at radius 3 is 1.89 bits per heavy atom. The number of Topliss-reactive ketones (excluding diaryl/α,β-unsaturated/α-hetero) is 1. The zero-order valence-electron chi connectivity index (χ0n) is 17.8. The average molecular weight is 392 g/mol. The Balaban J connectivity index is 1.96. The molecule has 6 heteroatoms. The van der Waals surface area contributed by atoms with Gasteiger partial charge in [0, 0.05) is 5.56 Å². The lowest BCUT2D eigenvalue weighted by Gasteiger charge is -2.36. The summed E-state index contributed by atoms with van der Waals surface area (Å²) in [5, 5.41) is 0. The predicted octanol–water partition coefficient (Wildman–Crippen LogP) is 4.29. The Bertz CT molecular complexity index is 670. The van der Waals surface area contributed by atoms with Crippen molar-refractivity contribution < 1.29 is 28.5 Å². The number of esters is 1. The summed E-state index contributed by atoms with van der Waals surface area (Å²) in [7, 11) is 4.47. The van der Waals surface area contributed by atoms with Gasteiger partial charge in [0.2, 0.25) is 11.5 Å². The molecule has 1 fully saturated rings. The van der Waals surface area contributed by atoms with Crippen LogP contribution in [0.4, 0.5) is 0 Å². The first-order valence-corrected chi connectivity index (χ1v) is 9.71. The summed E-state index contributed by atoms with van der Waals surface area (Å²) < 4.78 is 21.1. The van der Waals surface area contributed by atoms with Gasteiger partial charge >= 0.3 is 5.97 Å². The topological polar surface area (TPSA) is 71.1 Å². The third-order valence-electron chi connectivity index (χ3n) is 5.62. The van der Waals surface area contributed by atoms with Crippen molar-refractivity contribution >= 4 is 11.8 Å². The van der Waals surface area contributed by atoms with E-state index in [-0.39, 0.29) is 29.7 Å². The van der Waals surface area contributed by atoms with Crippen molar-refractivity contribution in [2.24, 2.45) is 17.3 Å². The van der Waals surface area contributed by atoms with Crippen LogP contribution in [0.25, 0.3) is 0 Å². The summed E-state index contributed by atoms with van der Waals surface area (Å²) in [6.45, 7) is 6.43. The smallest absolute Gasteiger partial charge is 0.309 e. The summed E-state index contributed by atoms with van der Waals surface area (Å²) in [5.74, 6) is 1.09. The van der Waals surface area contributed by atoms with Gasteiger partial charge in [-0.15, -0.1) is 0 Å². The van der Waals surface area contributed by atoms with E-state index in [1.54, 1.807) is 12.1 Å². The van der Waals surface area contributed by atoms with Crippen molar-refractivity contribution in [2.45, 2.75) is 46.5 Å². The molecule has 1 aromatic rings. The minimum absolute atomic E-state index is 0.119. The molecule has 0 unspecified atom stereocenters. The molecule has 28 heavy (non-hydrogen) atoms. The molecule has 156 valence electrons. The maximum atomic E-state index is 12.5. The summed E-state index contributed by atoms with van der Waals surface area (Å²) in [6, 6.07) is 3.12. The molecule has 0 heterocycles. The van der Waals surface area contributed by atoms with Gasteiger partial charge < -0.3 is 18.9 Å². The van der Waals surface area contributed by atoms with Crippen LogP contribution in [-0.4, -0.2) is 39.7 Å². The number of hydrogen-bond donors (Lipinski definition) is 0. The largest absolute Gasteiger partial charge is 0.493 e. The van der Waals surface area contributed by atoms with Crippen LogP contribution in [0.5, 0.6) is 17.2 Å². The Hall–Kier alpha value is -2.24. The second-order valence-electron chi connectivity index (χ2n) is 8.36. The monoisotopic (exact) mass is 392 g/mol. The molecule has 0 bridgehead atoms. The normalized spacial score (nSPS) is 19.6. The Morgan fingerprint density at radius 1 is 0.929 bits per heavy atom. The van der Waals surface area contributed by atoms with E-state index in [1.165, 1.54) is 21.3 Å². The molecule has 1 aromatic carbocycles. The van der Waals surface area contributed by atoms with Crippen LogP contribution in [0.3, 0.4) is 0 Å². The summed E-state index contributed by atoms with van der Waals surface area (Å²) >= 11 is 0. The van der Waals surface area contributed by atoms with Crippen LogP contribution in [0.15, 0.2) is 12.1 Å². The van der Waals surface area contributed by atoms with Gasteiger partial charge in [-0.3, -0.25) is 9.59 Å². The number of carbonyl (C=O) groups excluding carboxylic acids is 2. The van der Waals surface area contributed by atoms with Gasteiger partial charge in [-0.1, -0.05) is 20.8 Å². The van der Waals surface area contributed by atoms with Gasteiger partial charge in [0.25, 0.3) is 0 Å². The lowest BCUT2D eigenvalue weighted by molar-refractivity contribution is -0.149. The second kappa shape index (κ2) is 9.30. The molecule has 1 saturated carbocycles. The molecule has 0 atom stereocenters. The van der Waals surface area contributed by atoms with Crippen molar-refractivity contribution in [2.75, 3.05) is 27.9 Å². The first kappa shape index (κ1) is 22.1. The highest BCUT2D eigenvalue weighted by molar-refractivity contribution is 5.99. The molecule has 6 nitrogen and oxygen atoms in total. The van der Waals surface area contributed by atoms with E-state index in [9.17, 15) is 9.59 Å². The third-order valence-corrected chi connectivity index (χ3v) is 5.62. The van der Waals surface area contributed by atoms with Gasteiger partial charge in [0.1, 0.15) is 0 Å². The molecule has 2 rings (SSSR count). The fraction of sp³-hybridized carbons (Fsp3) is 0.636. The van der Waals surface area contributed by atoms with Crippen molar-refractivity contribution in [3.8, 4) is 17.2 Å². The number of hydrogen-bond acceptors (Lipinski definition) is 6. The Kier molecular flexibility index (Phi) is 7.33. The van der Waals surface area contributed by atoms with E-state index in [0.717, 1.165) is 25.7 Å². The molecule has 0 N–H and O–H groups in total. The molecule has 1 aliphatic rings. The van der Waals surface area contributed by atoms with Gasteiger partial charge in [0.05, 0.1) is 27.2 Å². The molecule has 0 radical (unpaired) electrons. The molecular weight excluding hydrogens is 360 g/mol. The zero-order chi connectivity index (χ0) is 20.9. The lowest BCUT2D eigenvalue weighted by Crippen LogP contribution is -2.30. The molecule has 0 aliphatic heterocycles. The van der Waals surface area contributed by atoms with E-state index in [1.807, 2.05) is 0 Å². The quantitative estimate of drug-likeness (QED) is 0.509. The fourth-order valence-corrected chi connectivity index (χ4v) is 3.78. The van der Waals surface area contributed by atoms with Crippen molar-refractivity contribution in [1.29, 1.82) is 0 Å². The Labute approximate surface area is 167 Å². The number of benzene rings is 1. The SMILES string of the molecule is COc1cc(C(=O)COC(=O)C2CCC(C(C)(C)C)CC2)cc(OC)c1OC. The van der Waals surface area contributed by atoms with Crippen LogP contribution in [0.1, 0.15) is 56.8 Å². The number of rotatable bonds is 7. The number of methoxy groups -OCH3 is 3. The highest BCUT2D eigenvalue weighted by atomic mass is 16.5. The molecule has 0 amide bonds. The predicted molar refractivity (Wildman–Crippen MR) is 106 cm³/mol. The average Bonchev–Trinajstić information content (AvgIpc) is 2.69. The minimum atomic E-state index is -0.309. The summed E-state index contributed by atoms with van der Waals surface area (Å²) in [4.78, 5) is 24.9. The van der Waals surface area contributed by atoms with Gasteiger partial charge in [-0.25, -0.2) is 0 Å². The van der Waals surface area contributed by atoms with E-state index in [2.05, 4.69) is 20.8 Å². The Morgan fingerprint density at radius 2 is 1.46 bits per heavy atom. The highest BCUT2D eigenvalue weighted by Gasteiger charge is 2.33. The van der Waals surface area contributed by atoms with Crippen LogP contribution in [0, 0.1) is 17.3 Å². The van der Waals surface area contributed by atoms with E-state index < -0.39 is 0 Å². The van der Waals surface area contributed by atoms with Crippen LogP contribution in [0.2, 0.25) is 0 Å².